The van der Waals surface area contributed by atoms with Crippen LogP contribution in [-0.4, -0.2) is 37.3 Å². The fraction of sp³-hybridized carbons (Fsp3) is 0.750. The molecule has 1 aromatic heterocycles. The lowest BCUT2D eigenvalue weighted by Crippen LogP contribution is -2.54. The molecule has 6 nitrogen and oxygen atoms in total. The monoisotopic (exact) mass is 286 g/mol. The van der Waals surface area contributed by atoms with Crippen molar-refractivity contribution in [1.29, 1.82) is 0 Å². The number of aromatic nitrogens is 2. The van der Waals surface area contributed by atoms with Crippen molar-refractivity contribution in [2.75, 3.05) is 13.1 Å². The molecule has 1 fully saturated rings. The Balaban J connectivity index is 2.24. The Kier molecular flexibility index (Phi) is 3.72. The van der Waals surface area contributed by atoms with Gasteiger partial charge in [0, 0.05) is 19.6 Å². The van der Waals surface area contributed by atoms with E-state index in [1.807, 2.05) is 0 Å². The minimum atomic E-state index is -3.50. The number of aryl methyl sites for hydroxylation is 1. The van der Waals surface area contributed by atoms with Crippen LogP contribution in [0.5, 0.6) is 0 Å². The molecule has 2 rings (SSSR count). The maximum atomic E-state index is 12.4. The molecule has 0 aromatic carbocycles. The second kappa shape index (κ2) is 4.88. The van der Waals surface area contributed by atoms with E-state index in [1.54, 1.807) is 18.7 Å². The molecule has 0 bridgehead atoms. The first-order chi connectivity index (χ1) is 8.74. The lowest BCUT2D eigenvalue weighted by molar-refractivity contribution is 0.206. The molecule has 1 saturated heterocycles. The molecule has 0 radical (unpaired) electrons. The van der Waals surface area contributed by atoms with E-state index in [0.29, 0.717) is 5.69 Å². The molecule has 1 aromatic rings. The quantitative estimate of drug-likeness (QED) is 0.843. The second-order valence-electron chi connectivity index (χ2n) is 5.85. The molecule has 1 aliphatic rings. The van der Waals surface area contributed by atoms with Gasteiger partial charge in [-0.1, -0.05) is 13.8 Å². The molecule has 19 heavy (non-hydrogen) atoms. The number of hydrogen-bond acceptors (Lipinski definition) is 4. The number of hydrogen-bond donors (Lipinski definition) is 2. The van der Waals surface area contributed by atoms with Crippen LogP contribution in [-0.2, 0) is 17.1 Å². The molecule has 7 heteroatoms. The summed E-state index contributed by atoms with van der Waals surface area (Å²) in [6.07, 6.45) is 2.21. The Bertz CT molecular complexity index is 562. The highest BCUT2D eigenvalue weighted by atomic mass is 32.2. The SMILES string of the molecule is Cc1c(S(=O)(=O)NC2CCNCC2(C)C)cnn1C. The Labute approximate surface area is 114 Å². The largest absolute Gasteiger partial charge is 0.316 e. The van der Waals surface area contributed by atoms with Crippen LogP contribution in [0.4, 0.5) is 0 Å². The number of piperidine rings is 1. The standard InChI is InChI=1S/C12H22N4O2S/c1-9-10(7-14-16(9)4)19(17,18)15-11-5-6-13-8-12(11,2)3/h7,11,13,15H,5-6,8H2,1-4H3. The van der Waals surface area contributed by atoms with Crippen molar-refractivity contribution in [3.63, 3.8) is 0 Å². The summed E-state index contributed by atoms with van der Waals surface area (Å²) in [5.74, 6) is 0. The van der Waals surface area contributed by atoms with E-state index in [4.69, 9.17) is 0 Å². The molecule has 0 amide bonds. The normalized spacial score (nSPS) is 23.5. The predicted molar refractivity (Wildman–Crippen MR) is 73.3 cm³/mol. The van der Waals surface area contributed by atoms with Crippen LogP contribution in [0.25, 0.3) is 0 Å². The van der Waals surface area contributed by atoms with Gasteiger partial charge in [-0.2, -0.15) is 5.10 Å². The first-order valence-corrected chi connectivity index (χ1v) is 7.94. The van der Waals surface area contributed by atoms with E-state index in [0.717, 1.165) is 19.5 Å². The number of nitrogens with zero attached hydrogens (tertiary/aromatic N) is 2. The van der Waals surface area contributed by atoms with Crippen LogP contribution >= 0.6 is 0 Å². The number of rotatable bonds is 3. The van der Waals surface area contributed by atoms with E-state index in [-0.39, 0.29) is 16.4 Å². The van der Waals surface area contributed by atoms with E-state index in [2.05, 4.69) is 29.0 Å². The van der Waals surface area contributed by atoms with Gasteiger partial charge in [0.25, 0.3) is 0 Å². The third-order valence-corrected chi connectivity index (χ3v) is 5.49. The molecule has 0 saturated carbocycles. The van der Waals surface area contributed by atoms with Gasteiger partial charge in [-0.15, -0.1) is 0 Å². The number of nitrogens with one attached hydrogen (secondary N) is 2. The summed E-state index contributed by atoms with van der Waals surface area (Å²) >= 11 is 0. The van der Waals surface area contributed by atoms with Crippen molar-refractivity contribution in [3.8, 4) is 0 Å². The maximum absolute atomic E-state index is 12.4. The average molecular weight is 286 g/mol. The summed E-state index contributed by atoms with van der Waals surface area (Å²) in [4.78, 5) is 0.268. The molecular formula is C12H22N4O2S. The topological polar surface area (TPSA) is 76.0 Å². The van der Waals surface area contributed by atoms with Crippen LogP contribution < -0.4 is 10.0 Å². The van der Waals surface area contributed by atoms with Crippen LogP contribution in [0.2, 0.25) is 0 Å². The van der Waals surface area contributed by atoms with Gasteiger partial charge >= 0.3 is 0 Å². The van der Waals surface area contributed by atoms with E-state index < -0.39 is 10.0 Å². The third-order valence-electron chi connectivity index (χ3n) is 3.91. The Hall–Kier alpha value is -0.920. The third kappa shape index (κ3) is 2.82. The summed E-state index contributed by atoms with van der Waals surface area (Å²) in [6, 6.07) is -0.0571. The van der Waals surface area contributed by atoms with Gasteiger partial charge < -0.3 is 5.32 Å². The van der Waals surface area contributed by atoms with Crippen LogP contribution in [0.1, 0.15) is 26.0 Å². The zero-order valence-corrected chi connectivity index (χ0v) is 12.7. The smallest absolute Gasteiger partial charge is 0.244 e. The van der Waals surface area contributed by atoms with Gasteiger partial charge in [0.15, 0.2) is 0 Å². The van der Waals surface area contributed by atoms with Gasteiger partial charge in [0.1, 0.15) is 4.90 Å². The van der Waals surface area contributed by atoms with Crippen molar-refractivity contribution in [2.45, 2.75) is 38.1 Å². The predicted octanol–water partition coefficient (Wildman–Crippen LogP) is 0.395. The Morgan fingerprint density at radius 1 is 1.53 bits per heavy atom. The van der Waals surface area contributed by atoms with Crippen LogP contribution in [0, 0.1) is 12.3 Å². The average Bonchev–Trinajstić information content (AvgIpc) is 2.63. The highest BCUT2D eigenvalue weighted by Crippen LogP contribution is 2.27. The summed E-state index contributed by atoms with van der Waals surface area (Å²) in [6.45, 7) is 7.55. The summed E-state index contributed by atoms with van der Waals surface area (Å²) in [5, 5.41) is 7.29. The van der Waals surface area contributed by atoms with Gasteiger partial charge in [-0.05, 0) is 25.3 Å². The molecule has 1 atom stereocenters. The molecule has 108 valence electrons. The van der Waals surface area contributed by atoms with Crippen molar-refractivity contribution in [2.24, 2.45) is 12.5 Å². The van der Waals surface area contributed by atoms with Crippen LogP contribution in [0.15, 0.2) is 11.1 Å². The first kappa shape index (κ1) is 14.5. The fourth-order valence-electron chi connectivity index (χ4n) is 2.38. The lowest BCUT2D eigenvalue weighted by Gasteiger charge is -2.39. The molecule has 2 N–H and O–H groups in total. The Morgan fingerprint density at radius 2 is 2.21 bits per heavy atom. The van der Waals surface area contributed by atoms with E-state index in [9.17, 15) is 8.42 Å². The first-order valence-electron chi connectivity index (χ1n) is 6.46. The maximum Gasteiger partial charge on any atom is 0.244 e. The van der Waals surface area contributed by atoms with Crippen molar-refractivity contribution in [3.05, 3.63) is 11.9 Å². The summed E-state index contributed by atoms with van der Waals surface area (Å²) in [5.41, 5.74) is 0.556. The van der Waals surface area contributed by atoms with E-state index >= 15 is 0 Å². The van der Waals surface area contributed by atoms with Gasteiger partial charge in [-0.25, -0.2) is 13.1 Å². The van der Waals surface area contributed by atoms with Gasteiger partial charge in [0.2, 0.25) is 10.0 Å². The Morgan fingerprint density at radius 3 is 2.74 bits per heavy atom. The minimum Gasteiger partial charge on any atom is -0.316 e. The fourth-order valence-corrected chi connectivity index (χ4v) is 4.03. The zero-order chi connectivity index (χ0) is 14.3. The molecular weight excluding hydrogens is 264 g/mol. The van der Waals surface area contributed by atoms with Crippen molar-refractivity contribution >= 4 is 10.0 Å². The number of sulfonamides is 1. The van der Waals surface area contributed by atoms with Crippen molar-refractivity contribution in [1.82, 2.24) is 19.8 Å². The van der Waals surface area contributed by atoms with Gasteiger partial charge in [0.05, 0.1) is 11.9 Å². The summed E-state index contributed by atoms with van der Waals surface area (Å²) in [7, 11) is -1.76. The van der Waals surface area contributed by atoms with Crippen molar-refractivity contribution < 1.29 is 8.42 Å². The minimum absolute atomic E-state index is 0.0571. The molecule has 0 spiro atoms. The highest BCUT2D eigenvalue weighted by molar-refractivity contribution is 7.89. The zero-order valence-electron chi connectivity index (χ0n) is 11.9. The van der Waals surface area contributed by atoms with Crippen LogP contribution in [0.3, 0.4) is 0 Å². The molecule has 1 aliphatic heterocycles. The molecule has 0 aliphatic carbocycles. The lowest BCUT2D eigenvalue weighted by atomic mass is 9.81. The van der Waals surface area contributed by atoms with E-state index in [1.165, 1.54) is 6.20 Å². The van der Waals surface area contributed by atoms with Gasteiger partial charge in [-0.3, -0.25) is 4.68 Å². The highest BCUT2D eigenvalue weighted by Gasteiger charge is 2.36. The molecule has 1 unspecified atom stereocenters. The summed E-state index contributed by atoms with van der Waals surface area (Å²) < 4.78 is 29.3. The second-order valence-corrected chi connectivity index (χ2v) is 7.53. The molecule has 2 heterocycles.